The number of aliphatic hydroxyl groups is 1. The number of piperidine rings is 1. The van der Waals surface area contributed by atoms with Crippen LogP contribution in [0.3, 0.4) is 0 Å². The van der Waals surface area contributed by atoms with Crippen LogP contribution < -0.4 is 5.32 Å². The number of rotatable bonds is 8. The molecule has 2 fully saturated rings. The fourth-order valence-corrected chi connectivity index (χ4v) is 2.66. The molecule has 17 heavy (non-hydrogen) atoms. The minimum atomic E-state index is 0.356. The van der Waals surface area contributed by atoms with Crippen LogP contribution in [-0.2, 0) is 0 Å². The van der Waals surface area contributed by atoms with Gasteiger partial charge >= 0.3 is 0 Å². The molecule has 0 radical (unpaired) electrons. The van der Waals surface area contributed by atoms with E-state index in [2.05, 4.69) is 10.2 Å². The molecule has 1 saturated heterocycles. The van der Waals surface area contributed by atoms with Crippen LogP contribution in [0.1, 0.15) is 44.9 Å². The average molecular weight is 240 g/mol. The van der Waals surface area contributed by atoms with E-state index in [1.165, 1.54) is 64.7 Å². The predicted octanol–water partition coefficient (Wildman–Crippen LogP) is 1.61. The van der Waals surface area contributed by atoms with Crippen molar-refractivity contribution in [1.82, 2.24) is 10.2 Å². The highest BCUT2D eigenvalue weighted by Gasteiger charge is 2.23. The van der Waals surface area contributed by atoms with Crippen LogP contribution in [0.25, 0.3) is 0 Å². The van der Waals surface area contributed by atoms with Crippen LogP contribution in [-0.4, -0.2) is 48.8 Å². The van der Waals surface area contributed by atoms with E-state index in [0.717, 1.165) is 18.4 Å². The van der Waals surface area contributed by atoms with E-state index >= 15 is 0 Å². The third-order valence-electron chi connectivity index (χ3n) is 4.11. The minimum Gasteiger partial charge on any atom is -0.396 e. The Morgan fingerprint density at radius 2 is 1.76 bits per heavy atom. The van der Waals surface area contributed by atoms with Crippen molar-refractivity contribution in [3.63, 3.8) is 0 Å². The van der Waals surface area contributed by atoms with Gasteiger partial charge in [0, 0.05) is 12.6 Å². The van der Waals surface area contributed by atoms with Gasteiger partial charge in [-0.25, -0.2) is 0 Å². The van der Waals surface area contributed by atoms with Crippen molar-refractivity contribution in [2.45, 2.75) is 51.0 Å². The van der Waals surface area contributed by atoms with Crippen LogP contribution in [0.15, 0.2) is 0 Å². The number of hydrogen-bond donors (Lipinski definition) is 2. The van der Waals surface area contributed by atoms with Crippen LogP contribution in [0.4, 0.5) is 0 Å². The van der Waals surface area contributed by atoms with Gasteiger partial charge in [-0.15, -0.1) is 0 Å². The van der Waals surface area contributed by atoms with Crippen molar-refractivity contribution in [1.29, 1.82) is 0 Å². The van der Waals surface area contributed by atoms with Crippen LogP contribution in [0.5, 0.6) is 0 Å². The summed E-state index contributed by atoms with van der Waals surface area (Å²) in [5.74, 6) is 0.921. The van der Waals surface area contributed by atoms with Gasteiger partial charge in [0.15, 0.2) is 0 Å². The second-order valence-electron chi connectivity index (χ2n) is 5.75. The molecule has 2 N–H and O–H groups in total. The molecule has 1 heterocycles. The average Bonchev–Trinajstić information content (AvgIpc) is 3.18. The molecule has 0 aromatic heterocycles. The van der Waals surface area contributed by atoms with E-state index in [-0.39, 0.29) is 0 Å². The van der Waals surface area contributed by atoms with E-state index < -0.39 is 0 Å². The molecule has 1 saturated carbocycles. The van der Waals surface area contributed by atoms with Gasteiger partial charge in [0.05, 0.1) is 0 Å². The molecule has 1 aliphatic carbocycles. The molecule has 3 nitrogen and oxygen atoms in total. The highest BCUT2D eigenvalue weighted by Crippen LogP contribution is 2.21. The summed E-state index contributed by atoms with van der Waals surface area (Å²) in [5.41, 5.74) is 0. The lowest BCUT2D eigenvalue weighted by atomic mass is 9.96. The standard InChI is InChI=1S/C14H28N2O/c17-11-3-1-2-8-16-9-6-13(7-10-16)12-15-14-4-5-14/h13-15,17H,1-12H2. The van der Waals surface area contributed by atoms with E-state index in [9.17, 15) is 0 Å². The summed E-state index contributed by atoms with van der Waals surface area (Å²) in [4.78, 5) is 2.60. The molecular formula is C14H28N2O. The van der Waals surface area contributed by atoms with Crippen molar-refractivity contribution in [3.05, 3.63) is 0 Å². The van der Waals surface area contributed by atoms with Gasteiger partial charge in [-0.1, -0.05) is 0 Å². The highest BCUT2D eigenvalue weighted by molar-refractivity contribution is 4.83. The Kier molecular flexibility index (Phi) is 5.75. The highest BCUT2D eigenvalue weighted by atomic mass is 16.2. The fraction of sp³-hybridized carbons (Fsp3) is 1.00. The molecule has 0 aromatic carbocycles. The number of nitrogens with zero attached hydrogens (tertiary/aromatic N) is 1. The van der Waals surface area contributed by atoms with Crippen LogP contribution in [0, 0.1) is 5.92 Å². The molecule has 0 atom stereocenters. The normalized spacial score (nSPS) is 23.1. The molecule has 3 heteroatoms. The van der Waals surface area contributed by atoms with Crippen LogP contribution >= 0.6 is 0 Å². The SMILES string of the molecule is OCCCCCN1CCC(CNC2CC2)CC1. The predicted molar refractivity (Wildman–Crippen MR) is 71.1 cm³/mol. The molecule has 0 amide bonds. The first kappa shape index (κ1) is 13.3. The molecule has 100 valence electrons. The smallest absolute Gasteiger partial charge is 0.0431 e. The Morgan fingerprint density at radius 1 is 1.00 bits per heavy atom. The van der Waals surface area contributed by atoms with Crippen molar-refractivity contribution in [2.75, 3.05) is 32.8 Å². The third kappa shape index (κ3) is 5.36. The Morgan fingerprint density at radius 3 is 2.41 bits per heavy atom. The summed E-state index contributed by atoms with van der Waals surface area (Å²) in [6, 6.07) is 0.867. The fourth-order valence-electron chi connectivity index (χ4n) is 2.66. The molecular weight excluding hydrogens is 212 g/mol. The van der Waals surface area contributed by atoms with E-state index in [0.29, 0.717) is 6.61 Å². The third-order valence-corrected chi connectivity index (χ3v) is 4.11. The maximum Gasteiger partial charge on any atom is 0.0431 e. The lowest BCUT2D eigenvalue weighted by molar-refractivity contribution is 0.177. The van der Waals surface area contributed by atoms with Gasteiger partial charge in [-0.3, -0.25) is 0 Å². The molecule has 0 spiro atoms. The van der Waals surface area contributed by atoms with E-state index in [4.69, 9.17) is 5.11 Å². The van der Waals surface area contributed by atoms with Crippen molar-refractivity contribution >= 4 is 0 Å². The summed E-state index contributed by atoms with van der Waals surface area (Å²) in [5, 5.41) is 12.4. The van der Waals surface area contributed by atoms with Gasteiger partial charge < -0.3 is 15.3 Å². The lowest BCUT2D eigenvalue weighted by Gasteiger charge is -2.32. The summed E-state index contributed by atoms with van der Waals surface area (Å²) < 4.78 is 0. The van der Waals surface area contributed by atoms with Crippen molar-refractivity contribution in [3.8, 4) is 0 Å². The van der Waals surface area contributed by atoms with Crippen LogP contribution in [0.2, 0.25) is 0 Å². The molecule has 0 aromatic rings. The Labute approximate surface area is 106 Å². The lowest BCUT2D eigenvalue weighted by Crippen LogP contribution is -2.38. The molecule has 0 bridgehead atoms. The largest absolute Gasteiger partial charge is 0.396 e. The van der Waals surface area contributed by atoms with E-state index in [1.54, 1.807) is 0 Å². The summed E-state index contributed by atoms with van der Waals surface area (Å²) in [7, 11) is 0. The summed E-state index contributed by atoms with van der Waals surface area (Å²) in [6.07, 6.45) is 8.97. The maximum absolute atomic E-state index is 8.73. The Balaban J connectivity index is 1.48. The van der Waals surface area contributed by atoms with Gasteiger partial charge in [-0.2, -0.15) is 0 Å². The Hall–Kier alpha value is -0.120. The van der Waals surface area contributed by atoms with Crippen molar-refractivity contribution < 1.29 is 5.11 Å². The summed E-state index contributed by atoms with van der Waals surface area (Å²) in [6.45, 7) is 5.42. The topological polar surface area (TPSA) is 35.5 Å². The molecule has 0 unspecified atom stereocenters. The van der Waals surface area contributed by atoms with Gasteiger partial charge in [0.1, 0.15) is 0 Å². The second-order valence-corrected chi connectivity index (χ2v) is 5.75. The zero-order valence-electron chi connectivity index (χ0n) is 11.0. The zero-order chi connectivity index (χ0) is 11.9. The van der Waals surface area contributed by atoms with E-state index in [1.807, 2.05) is 0 Å². The van der Waals surface area contributed by atoms with Gasteiger partial charge in [-0.05, 0) is 77.0 Å². The zero-order valence-corrected chi connectivity index (χ0v) is 11.0. The minimum absolute atomic E-state index is 0.356. The second kappa shape index (κ2) is 7.34. The maximum atomic E-state index is 8.73. The number of aliphatic hydroxyl groups excluding tert-OH is 1. The summed E-state index contributed by atoms with van der Waals surface area (Å²) >= 11 is 0. The molecule has 1 aliphatic heterocycles. The first-order chi connectivity index (χ1) is 8.38. The van der Waals surface area contributed by atoms with Crippen molar-refractivity contribution in [2.24, 2.45) is 5.92 Å². The first-order valence-electron chi connectivity index (χ1n) is 7.45. The van der Waals surface area contributed by atoms with Gasteiger partial charge in [0.25, 0.3) is 0 Å². The quantitative estimate of drug-likeness (QED) is 0.633. The van der Waals surface area contributed by atoms with Gasteiger partial charge in [0.2, 0.25) is 0 Å². The Bertz CT molecular complexity index is 198. The first-order valence-corrected chi connectivity index (χ1v) is 7.45. The number of likely N-dealkylation sites (tertiary alicyclic amines) is 1. The molecule has 2 rings (SSSR count). The number of hydrogen-bond acceptors (Lipinski definition) is 3. The number of nitrogens with one attached hydrogen (secondary N) is 1. The number of unbranched alkanes of at least 4 members (excludes halogenated alkanes) is 2. The monoisotopic (exact) mass is 240 g/mol. The molecule has 2 aliphatic rings.